The van der Waals surface area contributed by atoms with E-state index in [4.69, 9.17) is 14.9 Å². The Bertz CT molecular complexity index is 169. The summed E-state index contributed by atoms with van der Waals surface area (Å²) in [6, 6.07) is 0. The first-order valence-electron chi connectivity index (χ1n) is 5.55. The number of carbonyl (C=O) groups is 1. The molecule has 0 bridgehead atoms. The predicted molar refractivity (Wildman–Crippen MR) is 57.8 cm³/mol. The third-order valence-electron chi connectivity index (χ3n) is 2.43. The molecule has 0 radical (unpaired) electrons. The van der Waals surface area contributed by atoms with E-state index in [1.807, 2.05) is 0 Å². The molecule has 0 aromatic heterocycles. The summed E-state index contributed by atoms with van der Waals surface area (Å²) in [5, 5.41) is 17.6. The lowest BCUT2D eigenvalue weighted by atomic mass is 9.98. The molecule has 0 spiro atoms. The Kier molecular flexibility index (Phi) is 7.34. The highest BCUT2D eigenvalue weighted by atomic mass is 16.5. The molecular weight excluding hydrogens is 196 g/mol. The molecule has 0 aromatic carbocycles. The molecule has 0 aliphatic heterocycles. The molecule has 0 aliphatic rings. The van der Waals surface area contributed by atoms with Gasteiger partial charge < -0.3 is 14.9 Å². The lowest BCUT2D eigenvalue weighted by molar-refractivity contribution is -0.165. The van der Waals surface area contributed by atoms with E-state index in [0.29, 0.717) is 19.4 Å². The van der Waals surface area contributed by atoms with Crippen molar-refractivity contribution in [3.05, 3.63) is 0 Å². The summed E-state index contributed by atoms with van der Waals surface area (Å²) in [4.78, 5) is 11.0. The van der Waals surface area contributed by atoms with E-state index < -0.39 is 11.6 Å². The van der Waals surface area contributed by atoms with Gasteiger partial charge in [0, 0.05) is 6.61 Å². The largest absolute Gasteiger partial charge is 0.479 e. The number of hydrogen-bond donors (Lipinski definition) is 2. The molecule has 15 heavy (non-hydrogen) atoms. The highest BCUT2D eigenvalue weighted by Gasteiger charge is 2.33. The normalized spacial score (nSPS) is 14.9. The van der Waals surface area contributed by atoms with Gasteiger partial charge in [0.25, 0.3) is 0 Å². The van der Waals surface area contributed by atoms with E-state index in [2.05, 4.69) is 6.92 Å². The highest BCUT2D eigenvalue weighted by Crippen LogP contribution is 2.20. The van der Waals surface area contributed by atoms with Gasteiger partial charge in [-0.2, -0.15) is 0 Å². The van der Waals surface area contributed by atoms with Crippen LogP contribution in [0.4, 0.5) is 0 Å². The second-order valence-electron chi connectivity index (χ2n) is 3.92. The van der Waals surface area contributed by atoms with Gasteiger partial charge in [-0.1, -0.05) is 19.8 Å². The second kappa shape index (κ2) is 7.65. The molecule has 0 saturated carbocycles. The fourth-order valence-electron chi connectivity index (χ4n) is 1.32. The van der Waals surface area contributed by atoms with Gasteiger partial charge in [0.1, 0.15) is 0 Å². The van der Waals surface area contributed by atoms with Crippen LogP contribution in [0.15, 0.2) is 0 Å². The van der Waals surface area contributed by atoms with Crippen LogP contribution < -0.4 is 0 Å². The van der Waals surface area contributed by atoms with Crippen LogP contribution in [0.2, 0.25) is 0 Å². The number of rotatable bonds is 9. The Hall–Kier alpha value is -0.610. The van der Waals surface area contributed by atoms with E-state index in [-0.39, 0.29) is 6.61 Å². The van der Waals surface area contributed by atoms with Crippen LogP contribution in [0.25, 0.3) is 0 Å². The summed E-state index contributed by atoms with van der Waals surface area (Å²) in [6.07, 6.45) is 3.95. The smallest absolute Gasteiger partial charge is 0.335 e. The van der Waals surface area contributed by atoms with Gasteiger partial charge in [-0.3, -0.25) is 0 Å². The van der Waals surface area contributed by atoms with Crippen molar-refractivity contribution in [2.75, 3.05) is 13.2 Å². The zero-order chi connectivity index (χ0) is 11.7. The number of carboxylic acids is 1. The van der Waals surface area contributed by atoms with Crippen molar-refractivity contribution in [2.45, 2.75) is 51.6 Å². The minimum atomic E-state index is -1.09. The van der Waals surface area contributed by atoms with Crippen LogP contribution in [-0.4, -0.2) is 35.0 Å². The van der Waals surface area contributed by atoms with E-state index >= 15 is 0 Å². The van der Waals surface area contributed by atoms with Crippen molar-refractivity contribution in [1.29, 1.82) is 0 Å². The summed E-state index contributed by atoms with van der Waals surface area (Å²) in [6.45, 7) is 4.00. The highest BCUT2D eigenvalue weighted by molar-refractivity contribution is 5.76. The molecule has 4 heteroatoms. The molecule has 90 valence electrons. The Balaban J connectivity index is 4.01. The van der Waals surface area contributed by atoms with Crippen LogP contribution in [0.1, 0.15) is 46.0 Å². The molecule has 0 heterocycles. The number of ether oxygens (including phenoxy) is 1. The molecular formula is C11H22O4. The molecule has 0 amide bonds. The first kappa shape index (κ1) is 14.4. The first-order chi connectivity index (χ1) is 7.06. The Morgan fingerprint density at radius 1 is 1.33 bits per heavy atom. The standard InChI is InChI=1S/C11H22O4/c1-3-4-5-7-11(2,10(13)14)15-9-6-8-12/h12H,3-9H2,1-2H3,(H,13,14). The van der Waals surface area contributed by atoms with E-state index in [1.54, 1.807) is 6.92 Å². The number of unbranched alkanes of at least 4 members (excludes halogenated alkanes) is 2. The summed E-state index contributed by atoms with van der Waals surface area (Å²) in [5.74, 6) is -0.920. The average molecular weight is 218 g/mol. The number of carboxylic acid groups (broad SMARTS) is 1. The van der Waals surface area contributed by atoms with Crippen molar-refractivity contribution >= 4 is 5.97 Å². The quantitative estimate of drug-likeness (QED) is 0.579. The van der Waals surface area contributed by atoms with Gasteiger partial charge in [-0.25, -0.2) is 4.79 Å². The van der Waals surface area contributed by atoms with Crippen LogP contribution >= 0.6 is 0 Å². The van der Waals surface area contributed by atoms with Gasteiger partial charge in [-0.15, -0.1) is 0 Å². The molecule has 0 fully saturated rings. The number of aliphatic hydroxyl groups excluding tert-OH is 1. The minimum Gasteiger partial charge on any atom is -0.479 e. The summed E-state index contributed by atoms with van der Waals surface area (Å²) in [7, 11) is 0. The maximum Gasteiger partial charge on any atom is 0.335 e. The van der Waals surface area contributed by atoms with Crippen LogP contribution in [0, 0.1) is 0 Å². The fraction of sp³-hybridized carbons (Fsp3) is 0.909. The third kappa shape index (κ3) is 5.74. The first-order valence-corrected chi connectivity index (χ1v) is 5.55. The zero-order valence-electron chi connectivity index (χ0n) is 9.66. The minimum absolute atomic E-state index is 0.0324. The molecule has 1 atom stereocenters. The van der Waals surface area contributed by atoms with Crippen molar-refractivity contribution < 1.29 is 19.7 Å². The molecule has 0 aromatic rings. The van der Waals surface area contributed by atoms with Crippen LogP contribution in [-0.2, 0) is 9.53 Å². The maximum absolute atomic E-state index is 11.0. The van der Waals surface area contributed by atoms with Gasteiger partial charge in [0.2, 0.25) is 0 Å². The topological polar surface area (TPSA) is 66.8 Å². The zero-order valence-corrected chi connectivity index (χ0v) is 9.66. The van der Waals surface area contributed by atoms with Crippen molar-refractivity contribution in [2.24, 2.45) is 0 Å². The van der Waals surface area contributed by atoms with Gasteiger partial charge >= 0.3 is 5.97 Å². The molecule has 1 unspecified atom stereocenters. The summed E-state index contributed by atoms with van der Waals surface area (Å²) in [5.41, 5.74) is -1.09. The van der Waals surface area contributed by atoms with E-state index in [1.165, 1.54) is 0 Å². The van der Waals surface area contributed by atoms with Crippen LogP contribution in [0.5, 0.6) is 0 Å². The van der Waals surface area contributed by atoms with Gasteiger partial charge in [0.05, 0.1) is 6.61 Å². The number of aliphatic hydroxyl groups is 1. The Labute approximate surface area is 91.3 Å². The Morgan fingerprint density at radius 2 is 2.00 bits per heavy atom. The lowest BCUT2D eigenvalue weighted by Crippen LogP contribution is -2.38. The number of aliphatic carboxylic acids is 1. The second-order valence-corrected chi connectivity index (χ2v) is 3.92. The SMILES string of the molecule is CCCCCC(C)(OCCCO)C(=O)O. The summed E-state index contributed by atoms with van der Waals surface area (Å²) < 4.78 is 5.32. The van der Waals surface area contributed by atoms with Crippen molar-refractivity contribution in [3.8, 4) is 0 Å². The van der Waals surface area contributed by atoms with E-state index in [9.17, 15) is 4.79 Å². The summed E-state index contributed by atoms with van der Waals surface area (Å²) >= 11 is 0. The van der Waals surface area contributed by atoms with Crippen LogP contribution in [0.3, 0.4) is 0 Å². The fourth-order valence-corrected chi connectivity index (χ4v) is 1.32. The predicted octanol–water partition coefficient (Wildman–Crippen LogP) is 1.81. The monoisotopic (exact) mass is 218 g/mol. The molecule has 2 N–H and O–H groups in total. The molecule has 0 rings (SSSR count). The average Bonchev–Trinajstić information content (AvgIpc) is 2.18. The molecule has 4 nitrogen and oxygen atoms in total. The lowest BCUT2D eigenvalue weighted by Gasteiger charge is -2.25. The molecule has 0 saturated heterocycles. The number of hydrogen-bond acceptors (Lipinski definition) is 3. The third-order valence-corrected chi connectivity index (χ3v) is 2.43. The van der Waals surface area contributed by atoms with Crippen molar-refractivity contribution in [3.63, 3.8) is 0 Å². The van der Waals surface area contributed by atoms with Gasteiger partial charge in [0.15, 0.2) is 5.60 Å². The molecule has 0 aliphatic carbocycles. The maximum atomic E-state index is 11.0. The van der Waals surface area contributed by atoms with Gasteiger partial charge in [-0.05, 0) is 26.2 Å². The van der Waals surface area contributed by atoms with E-state index in [0.717, 1.165) is 19.3 Å². The Morgan fingerprint density at radius 3 is 2.47 bits per heavy atom. The van der Waals surface area contributed by atoms with Crippen molar-refractivity contribution in [1.82, 2.24) is 0 Å².